The predicted molar refractivity (Wildman–Crippen MR) is 144 cm³/mol. The fourth-order valence-corrected chi connectivity index (χ4v) is 5.45. The molecule has 5 rings (SSSR count). The van der Waals surface area contributed by atoms with Crippen LogP contribution in [0.3, 0.4) is 0 Å². The zero-order valence-electron chi connectivity index (χ0n) is 20.2. The summed E-state index contributed by atoms with van der Waals surface area (Å²) in [7, 11) is 1.58. The van der Waals surface area contributed by atoms with Crippen molar-refractivity contribution in [1.82, 2.24) is 9.97 Å². The number of aromatic nitrogens is 2. The number of rotatable bonds is 7. The number of benzene rings is 2. The largest absolute Gasteiger partial charge is 0.481 e. The number of thiazole rings is 1. The monoisotopic (exact) mass is 511 g/mol. The van der Waals surface area contributed by atoms with Gasteiger partial charge < -0.3 is 9.84 Å². The van der Waals surface area contributed by atoms with Crippen LogP contribution in [0.4, 0.5) is 5.13 Å². The van der Waals surface area contributed by atoms with Gasteiger partial charge in [-0.1, -0.05) is 66.7 Å². The van der Waals surface area contributed by atoms with Gasteiger partial charge in [0.1, 0.15) is 0 Å². The number of allylic oxidation sites excluding steroid dienone is 1. The van der Waals surface area contributed by atoms with E-state index in [1.165, 1.54) is 11.3 Å². The predicted octanol–water partition coefficient (Wildman–Crippen LogP) is 5.66. The van der Waals surface area contributed by atoms with Crippen LogP contribution in [0.2, 0.25) is 0 Å². The van der Waals surface area contributed by atoms with Crippen LogP contribution >= 0.6 is 11.3 Å². The lowest BCUT2D eigenvalue weighted by Crippen LogP contribution is -2.38. The van der Waals surface area contributed by atoms with Crippen molar-refractivity contribution in [3.05, 3.63) is 96.0 Å². The van der Waals surface area contributed by atoms with Gasteiger partial charge in [0.2, 0.25) is 11.8 Å². The first kappa shape index (κ1) is 24.4. The molecule has 0 aliphatic carbocycles. The Morgan fingerprint density at radius 2 is 1.84 bits per heavy atom. The van der Waals surface area contributed by atoms with E-state index in [1.54, 1.807) is 18.2 Å². The molecule has 2 aromatic heterocycles. The number of amides is 1. The maximum absolute atomic E-state index is 13.7. The normalized spacial score (nSPS) is 17.4. The Hall–Kier alpha value is -4.30. The summed E-state index contributed by atoms with van der Waals surface area (Å²) in [5.74, 6) is -1.76. The standard InChI is InChI=1S/C29H25N3O4S/c1-36-26-14-13-20(17-30-26)22-10-5-6-11-23(22)25-18-37-29(31-25)32-15-7-12-21(19-8-3-2-4-9-19)24(28(32)35)16-27(33)34/h2-14,17-18,21,24H,15-16H2,1H3,(H,33,34)/t21-,24-/m0/s1. The topological polar surface area (TPSA) is 92.6 Å². The molecule has 0 spiro atoms. The molecule has 1 aliphatic heterocycles. The summed E-state index contributed by atoms with van der Waals surface area (Å²) in [5.41, 5.74) is 4.46. The van der Waals surface area contributed by atoms with Gasteiger partial charge in [0.05, 0.1) is 25.1 Å². The molecular formula is C29H25N3O4S. The highest BCUT2D eigenvalue weighted by Gasteiger charge is 2.36. The van der Waals surface area contributed by atoms with Crippen LogP contribution in [0, 0.1) is 5.92 Å². The quantitative estimate of drug-likeness (QED) is 0.322. The molecule has 8 heteroatoms. The van der Waals surface area contributed by atoms with E-state index in [0.29, 0.717) is 17.6 Å². The molecule has 37 heavy (non-hydrogen) atoms. The van der Waals surface area contributed by atoms with Gasteiger partial charge >= 0.3 is 5.97 Å². The van der Waals surface area contributed by atoms with Crippen LogP contribution in [-0.2, 0) is 9.59 Å². The van der Waals surface area contributed by atoms with Crippen LogP contribution in [0.25, 0.3) is 22.4 Å². The van der Waals surface area contributed by atoms with E-state index in [-0.39, 0.29) is 18.2 Å². The van der Waals surface area contributed by atoms with E-state index in [4.69, 9.17) is 9.72 Å². The highest BCUT2D eigenvalue weighted by Crippen LogP contribution is 2.38. The zero-order valence-corrected chi connectivity index (χ0v) is 21.0. The van der Waals surface area contributed by atoms with Gasteiger partial charge in [-0.05, 0) is 17.2 Å². The number of hydrogen-bond donors (Lipinski definition) is 1. The summed E-state index contributed by atoms with van der Waals surface area (Å²) >= 11 is 1.37. The average molecular weight is 512 g/mol. The first-order valence-electron chi connectivity index (χ1n) is 11.8. The molecular weight excluding hydrogens is 486 g/mol. The molecule has 0 unspecified atom stereocenters. The van der Waals surface area contributed by atoms with Gasteiger partial charge in [0.25, 0.3) is 0 Å². The number of carboxylic acids is 1. The Labute approximate surface area is 218 Å². The van der Waals surface area contributed by atoms with E-state index in [9.17, 15) is 14.7 Å². The lowest BCUT2D eigenvalue weighted by Gasteiger charge is -2.25. The van der Waals surface area contributed by atoms with Crippen LogP contribution < -0.4 is 9.64 Å². The fourth-order valence-electron chi connectivity index (χ4n) is 4.61. The van der Waals surface area contributed by atoms with E-state index >= 15 is 0 Å². The van der Waals surface area contributed by atoms with Crippen molar-refractivity contribution in [3.8, 4) is 28.3 Å². The molecule has 7 nitrogen and oxygen atoms in total. The van der Waals surface area contributed by atoms with E-state index in [0.717, 1.165) is 27.9 Å². The number of aliphatic carboxylic acids is 1. The van der Waals surface area contributed by atoms with Crippen LogP contribution in [0.15, 0.2) is 90.5 Å². The van der Waals surface area contributed by atoms with Crippen molar-refractivity contribution < 1.29 is 19.4 Å². The summed E-state index contributed by atoms with van der Waals surface area (Å²) in [6.45, 7) is 0.329. The minimum atomic E-state index is -1.00. The number of ether oxygens (including phenoxy) is 1. The van der Waals surface area contributed by atoms with E-state index < -0.39 is 11.9 Å². The third kappa shape index (κ3) is 5.15. The number of pyridine rings is 1. The van der Waals surface area contributed by atoms with E-state index in [1.807, 2.05) is 84.3 Å². The Morgan fingerprint density at radius 1 is 1.08 bits per heavy atom. The van der Waals surface area contributed by atoms with Gasteiger partial charge in [0, 0.05) is 41.2 Å². The van der Waals surface area contributed by atoms with Crippen molar-refractivity contribution in [2.24, 2.45) is 5.92 Å². The first-order chi connectivity index (χ1) is 18.0. The number of methoxy groups -OCH3 is 1. The second-order valence-corrected chi connectivity index (χ2v) is 9.50. The fraction of sp³-hybridized carbons (Fsp3) is 0.172. The Bertz CT molecular complexity index is 1430. The first-order valence-corrected chi connectivity index (χ1v) is 12.7. The SMILES string of the molecule is COc1ccc(-c2ccccc2-c2csc(N3CC=C[C@@H](c4ccccc4)[C@H](CC(=O)O)C3=O)n2)cn1. The second kappa shape index (κ2) is 10.8. The molecule has 1 amide bonds. The number of nitrogens with zero attached hydrogens (tertiary/aromatic N) is 3. The third-order valence-electron chi connectivity index (χ3n) is 6.41. The average Bonchev–Trinajstić information content (AvgIpc) is 3.36. The smallest absolute Gasteiger partial charge is 0.304 e. The van der Waals surface area contributed by atoms with Gasteiger partial charge in [-0.2, -0.15) is 0 Å². The van der Waals surface area contributed by atoms with Gasteiger partial charge in [-0.15, -0.1) is 11.3 Å². The van der Waals surface area contributed by atoms with Crippen LogP contribution in [0.5, 0.6) is 5.88 Å². The van der Waals surface area contributed by atoms with Crippen molar-refractivity contribution >= 4 is 28.3 Å². The number of carbonyl (C=O) groups excluding carboxylic acids is 1. The molecule has 0 fully saturated rings. The number of carbonyl (C=O) groups is 2. The summed E-state index contributed by atoms with van der Waals surface area (Å²) in [6, 6.07) is 21.2. The highest BCUT2D eigenvalue weighted by molar-refractivity contribution is 7.14. The Morgan fingerprint density at radius 3 is 2.54 bits per heavy atom. The minimum absolute atomic E-state index is 0.241. The molecule has 3 heterocycles. The molecule has 0 radical (unpaired) electrons. The summed E-state index contributed by atoms with van der Waals surface area (Å²) in [5, 5.41) is 12.1. The van der Waals surface area contributed by atoms with Crippen molar-refractivity contribution in [2.45, 2.75) is 12.3 Å². The lowest BCUT2D eigenvalue weighted by atomic mass is 9.83. The van der Waals surface area contributed by atoms with Crippen LogP contribution in [-0.4, -0.2) is 40.6 Å². The summed E-state index contributed by atoms with van der Waals surface area (Å²) in [6.07, 6.45) is 5.37. The Kier molecular flexibility index (Phi) is 7.09. The van der Waals surface area contributed by atoms with Crippen molar-refractivity contribution in [2.75, 3.05) is 18.6 Å². The molecule has 0 bridgehead atoms. The molecule has 0 saturated carbocycles. The molecule has 2 atom stereocenters. The molecule has 2 aromatic carbocycles. The summed E-state index contributed by atoms with van der Waals surface area (Å²) in [4.78, 5) is 36.2. The maximum Gasteiger partial charge on any atom is 0.304 e. The number of hydrogen-bond acceptors (Lipinski definition) is 6. The van der Waals surface area contributed by atoms with Crippen molar-refractivity contribution in [1.29, 1.82) is 0 Å². The molecule has 0 saturated heterocycles. The minimum Gasteiger partial charge on any atom is -0.481 e. The molecule has 186 valence electrons. The third-order valence-corrected chi connectivity index (χ3v) is 7.27. The summed E-state index contributed by atoms with van der Waals surface area (Å²) < 4.78 is 5.18. The lowest BCUT2D eigenvalue weighted by molar-refractivity contribution is -0.140. The molecule has 1 aliphatic rings. The molecule has 1 N–H and O–H groups in total. The van der Waals surface area contributed by atoms with Crippen molar-refractivity contribution in [3.63, 3.8) is 0 Å². The highest BCUT2D eigenvalue weighted by atomic mass is 32.1. The number of anilines is 1. The number of carboxylic acid groups (broad SMARTS) is 1. The zero-order chi connectivity index (χ0) is 25.8. The van der Waals surface area contributed by atoms with Gasteiger partial charge in [0.15, 0.2) is 5.13 Å². The molecule has 4 aromatic rings. The van der Waals surface area contributed by atoms with E-state index in [2.05, 4.69) is 4.98 Å². The maximum atomic E-state index is 13.7. The van der Waals surface area contributed by atoms with Gasteiger partial charge in [-0.25, -0.2) is 9.97 Å². The van der Waals surface area contributed by atoms with Crippen LogP contribution in [0.1, 0.15) is 17.9 Å². The van der Waals surface area contributed by atoms with Gasteiger partial charge in [-0.3, -0.25) is 14.5 Å². The Balaban J connectivity index is 1.47. The second-order valence-electron chi connectivity index (χ2n) is 8.67.